The molecule has 10 heterocycles. The molecular formula is C74H84N16O18Si2. The Labute approximate surface area is 634 Å². The summed E-state index contributed by atoms with van der Waals surface area (Å²) in [4.78, 5) is 158. The van der Waals surface area contributed by atoms with E-state index in [4.69, 9.17) is 41.3 Å². The van der Waals surface area contributed by atoms with Crippen molar-refractivity contribution in [2.24, 2.45) is 0 Å². The lowest BCUT2D eigenvalue weighted by Gasteiger charge is -2.30. The van der Waals surface area contributed by atoms with E-state index in [9.17, 15) is 57.5 Å². The van der Waals surface area contributed by atoms with E-state index in [-0.39, 0.29) is 63.3 Å². The fraction of sp³-hybridized carbons (Fsp3) is 0.378. The summed E-state index contributed by atoms with van der Waals surface area (Å²) < 4.78 is 31.9. The van der Waals surface area contributed by atoms with E-state index >= 15 is 0 Å². The summed E-state index contributed by atoms with van der Waals surface area (Å²) in [5.74, 6) is 3.85. The largest absolute Gasteiger partial charge is 0.497 e. The number of hydrogen-bond acceptors (Lipinski definition) is 20. The smallest absolute Gasteiger partial charge is 0.327 e. The molecule has 4 fully saturated rings. The van der Waals surface area contributed by atoms with E-state index in [1.807, 2.05) is 18.2 Å². The molecule has 14 rings (SSSR count). The van der Waals surface area contributed by atoms with E-state index < -0.39 is 86.1 Å². The zero-order valence-corrected chi connectivity index (χ0v) is 64.2. The van der Waals surface area contributed by atoms with Gasteiger partial charge in [-0.1, -0.05) is 75.4 Å². The summed E-state index contributed by atoms with van der Waals surface area (Å²) in [6.45, 7) is 15.0. The third-order valence-corrected chi connectivity index (χ3v) is 23.0. The van der Waals surface area contributed by atoms with Gasteiger partial charge in [0.25, 0.3) is 47.3 Å². The van der Waals surface area contributed by atoms with Gasteiger partial charge in [0.05, 0.1) is 66.0 Å². The number of H-pyrrole nitrogens is 2. The van der Waals surface area contributed by atoms with Crippen molar-refractivity contribution < 1.29 is 86.0 Å². The Morgan fingerprint density at radius 3 is 1.13 bits per heavy atom. The van der Waals surface area contributed by atoms with Crippen molar-refractivity contribution in [1.82, 2.24) is 81.7 Å². The Bertz CT molecular complexity index is 4780. The first-order valence-corrected chi connectivity index (χ1v) is 42.2. The van der Waals surface area contributed by atoms with Crippen molar-refractivity contribution in [3.63, 3.8) is 0 Å². The molecule has 6 aromatic rings. The second kappa shape index (κ2) is 31.4. The van der Waals surface area contributed by atoms with Crippen LogP contribution in [0.2, 0.25) is 51.4 Å². The highest BCUT2D eigenvalue weighted by atomic mass is 28.3. The molecule has 2 aromatic heterocycles. The van der Waals surface area contributed by atoms with Gasteiger partial charge < -0.3 is 69.3 Å². The first-order valence-electron chi connectivity index (χ1n) is 34.8. The van der Waals surface area contributed by atoms with Crippen LogP contribution in [-0.2, 0) is 65.9 Å². The van der Waals surface area contributed by atoms with Crippen LogP contribution in [0.3, 0.4) is 0 Å². The van der Waals surface area contributed by atoms with Crippen LogP contribution in [0.1, 0.15) is 75.1 Å². The highest BCUT2D eigenvalue weighted by Gasteiger charge is 2.57. The van der Waals surface area contributed by atoms with Gasteiger partial charge in [-0.05, 0) is 95.0 Å². The molecule has 36 heteroatoms. The fourth-order valence-electron chi connectivity index (χ4n) is 13.3. The lowest BCUT2D eigenvalue weighted by atomic mass is 9.94. The fourth-order valence-corrected chi connectivity index (χ4v) is 14.8. The van der Waals surface area contributed by atoms with Crippen LogP contribution in [0.25, 0.3) is 0 Å². The van der Waals surface area contributed by atoms with Crippen LogP contribution in [0.15, 0.2) is 97.3 Å². The molecule has 8 aliphatic rings. The van der Waals surface area contributed by atoms with Crippen LogP contribution in [0.5, 0.6) is 23.0 Å². The molecule has 4 saturated heterocycles. The molecular weight excluding hydrogens is 1460 g/mol. The molecule has 8 N–H and O–H groups in total. The third-order valence-electron chi connectivity index (χ3n) is 19.6. The maximum absolute atomic E-state index is 13.6. The Hall–Kier alpha value is -12.4. The van der Waals surface area contributed by atoms with Gasteiger partial charge in [0.1, 0.15) is 36.5 Å². The number of aromatic nitrogens is 4. The van der Waals surface area contributed by atoms with Crippen molar-refractivity contribution >= 4 is 87.5 Å². The number of imide groups is 4. The number of carbonyl (C=O) groups is 12. The van der Waals surface area contributed by atoms with E-state index in [0.29, 0.717) is 96.0 Å². The van der Waals surface area contributed by atoms with Gasteiger partial charge in [0, 0.05) is 90.2 Å². The zero-order valence-electron chi connectivity index (χ0n) is 62.2. The molecule has 8 aliphatic heterocycles. The monoisotopic (exact) mass is 1540 g/mol. The van der Waals surface area contributed by atoms with Crippen LogP contribution in [-0.4, -0.2) is 230 Å². The Balaban J connectivity index is 0.000000147. The number of nitrogens with one attached hydrogen (secondary N) is 8. The number of urea groups is 4. The number of aromatic amines is 2. The maximum Gasteiger partial charge on any atom is 0.327 e. The molecule has 34 nitrogen and oxygen atoms in total. The van der Waals surface area contributed by atoms with Gasteiger partial charge in [-0.15, -0.1) is 12.8 Å². The van der Waals surface area contributed by atoms with E-state index in [2.05, 4.69) is 103 Å². The lowest BCUT2D eigenvalue weighted by Crippen LogP contribution is -2.54. The average Bonchev–Trinajstić information content (AvgIpc) is 1.58. The summed E-state index contributed by atoms with van der Waals surface area (Å²) in [6.07, 6.45) is 14.1. The van der Waals surface area contributed by atoms with E-state index in [0.717, 1.165) is 44.1 Å². The quantitative estimate of drug-likeness (QED) is 0.0184. The molecule has 0 saturated carbocycles. The predicted octanol–water partition coefficient (Wildman–Crippen LogP) is 3.99. The Morgan fingerprint density at radius 2 is 0.782 bits per heavy atom. The highest BCUT2D eigenvalue weighted by Crippen LogP contribution is 2.37. The summed E-state index contributed by atoms with van der Waals surface area (Å²) in [6, 6.07) is 23.7. The second-order valence-electron chi connectivity index (χ2n) is 29.4. The number of amides is 16. The Morgan fingerprint density at radius 1 is 0.427 bits per heavy atom. The standard InChI is InChI=1S/C22H29N5O5Si.C21H27N3O5Si.C16H15N5O4.C15H13N3O4/c1-31-16-6-5-15-12-26(19(28)17(15)11-16)13-22(18-7-8-23-25-18)20(29)27(21(30)24-22)14-32-9-10-33(2,3)4;1-6-21(13-23-12-15-7-8-16(28-2)11-17(15)18(23)25)19(26)24(20(27)22-21)14-29-9-10-30(3,4)5;1-25-10-3-2-9-7-21(13(22)11(9)6-10)8-16(12-4-5-17-20-12)14(23)18-15(24)19-16;1-3-15(13(20)16-14(21)17-15)8-18-7-9-4-5-10(22-2)6-11(9)12(18)19/h5-8,11H,9-10,12-14H2,1-4H3,(H,23,25)(H,24,30);1,7-8,11H,9-10,12-14H2,2-5H3,(H,22,27);2-6H,7-8H2,1H3,(H,17,20)(H2,18,19,23,24);1,4-6H,7-8H2,2H3,(H2,16,17,20,21)/t22-;21-;16-;15-/m0101/s1. The number of terminal acetylenes is 2. The van der Waals surface area contributed by atoms with Crippen LogP contribution < -0.4 is 50.8 Å². The number of nitrogens with zero attached hydrogens (tertiary/aromatic N) is 8. The van der Waals surface area contributed by atoms with Crippen molar-refractivity contribution in [3.05, 3.63) is 153 Å². The molecule has 4 aromatic carbocycles. The number of benzene rings is 4. The SMILES string of the molecule is C#C[C@]1(CN2Cc3ccc(OC)cc3C2=O)NC(=O)N(COCC[Si](C)(C)C)C1=O.C#C[C@]1(CN2Cc3ccc(OC)cc3C2=O)NC(=O)NC1=O.COc1ccc2c(c1)C(=O)N(C[C@@]1(c3ccn[nH]3)NC(=O)N(COCC[Si](C)(C)C)C1=O)C2.COc1ccc2c(c1)C(=O)N(C[C@@]1(c3ccn[nH]3)NC(=O)NC1=O)C2. The molecule has 110 heavy (non-hydrogen) atoms. The van der Waals surface area contributed by atoms with Gasteiger partial charge in [0.15, 0.2) is 22.2 Å². The minimum atomic E-state index is -1.61. The van der Waals surface area contributed by atoms with E-state index in [1.165, 1.54) is 48.4 Å². The molecule has 0 aliphatic carbocycles. The molecule has 0 bridgehead atoms. The molecule has 16 amide bonds. The van der Waals surface area contributed by atoms with Crippen LogP contribution in [0.4, 0.5) is 19.2 Å². The molecule has 0 spiro atoms. The lowest BCUT2D eigenvalue weighted by molar-refractivity contribution is -0.136. The average molecular weight is 1540 g/mol. The third kappa shape index (κ3) is 16.0. The number of ether oxygens (including phenoxy) is 6. The second-order valence-corrected chi connectivity index (χ2v) is 40.7. The van der Waals surface area contributed by atoms with Gasteiger partial charge >= 0.3 is 24.1 Å². The number of hydrogen-bond donors (Lipinski definition) is 8. The molecule has 576 valence electrons. The maximum atomic E-state index is 13.6. The summed E-state index contributed by atoms with van der Waals surface area (Å²) in [5, 5.41) is 28.1. The summed E-state index contributed by atoms with van der Waals surface area (Å²) in [7, 11) is 3.53. The van der Waals surface area contributed by atoms with E-state index in [1.54, 1.807) is 78.7 Å². The van der Waals surface area contributed by atoms with Gasteiger partial charge in [-0.25, -0.2) is 29.0 Å². The van der Waals surface area contributed by atoms with Crippen LogP contribution >= 0.6 is 0 Å². The van der Waals surface area contributed by atoms with Gasteiger partial charge in [0.2, 0.25) is 0 Å². The zero-order chi connectivity index (χ0) is 79.4. The number of fused-ring (bicyclic) bond motifs is 4. The number of carbonyl (C=O) groups excluding carboxylic acids is 12. The van der Waals surface area contributed by atoms with Crippen molar-refractivity contribution in [3.8, 4) is 47.7 Å². The van der Waals surface area contributed by atoms with Gasteiger partial charge in [-0.3, -0.25) is 59.2 Å². The predicted molar refractivity (Wildman–Crippen MR) is 397 cm³/mol. The van der Waals surface area contributed by atoms with Crippen molar-refractivity contribution in [2.75, 3.05) is 81.3 Å². The summed E-state index contributed by atoms with van der Waals surface area (Å²) in [5.41, 5.74) is 0.205. The Kier molecular flexibility index (Phi) is 22.5. The molecule has 0 unspecified atom stereocenters. The van der Waals surface area contributed by atoms with Crippen molar-refractivity contribution in [1.29, 1.82) is 0 Å². The highest BCUT2D eigenvalue weighted by molar-refractivity contribution is 6.76. The molecule has 0 radical (unpaired) electrons. The number of methoxy groups -OCH3 is 4. The molecule has 4 atom stereocenters. The van der Waals surface area contributed by atoms with Crippen molar-refractivity contribution in [2.45, 2.75) is 99.7 Å². The minimum absolute atomic E-state index is 0.0113. The first-order chi connectivity index (χ1) is 52.3. The first kappa shape index (κ1) is 78.7. The number of rotatable bonds is 24. The normalized spacial score (nSPS) is 21.4. The topological polar surface area (TPSA) is 409 Å². The van der Waals surface area contributed by atoms with Gasteiger partial charge in [-0.2, -0.15) is 10.2 Å². The van der Waals surface area contributed by atoms with Crippen LogP contribution in [0, 0.1) is 24.7 Å². The minimum Gasteiger partial charge on any atom is -0.497 e. The summed E-state index contributed by atoms with van der Waals surface area (Å²) >= 11 is 0.